The first-order valence-corrected chi connectivity index (χ1v) is 10.5. The molecule has 2 aromatic rings. The van der Waals surface area contributed by atoms with Crippen molar-refractivity contribution in [1.82, 2.24) is 5.32 Å². The number of halogens is 1. The summed E-state index contributed by atoms with van der Waals surface area (Å²) in [6.07, 6.45) is 4.16. The smallest absolute Gasteiger partial charge is 0.258 e. The number of rotatable bonds is 6. The Kier molecular flexibility index (Phi) is 6.62. The van der Waals surface area contributed by atoms with Crippen molar-refractivity contribution in [2.24, 2.45) is 0 Å². The van der Waals surface area contributed by atoms with E-state index in [0.717, 1.165) is 18.0 Å². The summed E-state index contributed by atoms with van der Waals surface area (Å²) in [7, 11) is -0.148. The Morgan fingerprint density at radius 1 is 0.963 bits per heavy atom. The van der Waals surface area contributed by atoms with E-state index in [1.54, 1.807) is 36.4 Å². The summed E-state index contributed by atoms with van der Waals surface area (Å²) in [6, 6.07) is 13.0. The summed E-state index contributed by atoms with van der Waals surface area (Å²) in [5, 5.41) is 14.0. The lowest BCUT2D eigenvalue weighted by molar-refractivity contribution is 0.102. The standard InChI is InChI=1S/C20H20FN3OS2/c21-18-6-2-1-5-17(18)19(25)23-15-7-9-16(10-8-15)24-20(26)22-11-14-27-12-3-4-13-27/h1-10,12-13,27H,11,14H2,(H,23,25)(H2,22,24,26). The van der Waals surface area contributed by atoms with Crippen LogP contribution in [0.15, 0.2) is 71.5 Å². The summed E-state index contributed by atoms with van der Waals surface area (Å²) in [5.74, 6) is 0.0169. The number of carbonyl (C=O) groups is 1. The third kappa shape index (κ3) is 5.67. The minimum Gasteiger partial charge on any atom is -0.362 e. The Morgan fingerprint density at radius 2 is 1.59 bits per heavy atom. The van der Waals surface area contributed by atoms with Gasteiger partial charge in [0, 0.05) is 17.9 Å². The average molecular weight is 402 g/mol. The van der Waals surface area contributed by atoms with Crippen LogP contribution in [0.1, 0.15) is 10.4 Å². The average Bonchev–Trinajstić information content (AvgIpc) is 3.17. The zero-order valence-corrected chi connectivity index (χ0v) is 16.2. The number of nitrogens with one attached hydrogen (secondary N) is 3. The van der Waals surface area contributed by atoms with Gasteiger partial charge < -0.3 is 16.0 Å². The summed E-state index contributed by atoms with van der Waals surface area (Å²) >= 11 is 5.29. The first kappa shape index (κ1) is 19.1. The highest BCUT2D eigenvalue weighted by Gasteiger charge is 2.10. The van der Waals surface area contributed by atoms with Crippen molar-refractivity contribution >= 4 is 45.5 Å². The van der Waals surface area contributed by atoms with Gasteiger partial charge in [0.2, 0.25) is 0 Å². The van der Waals surface area contributed by atoms with Crippen LogP contribution in [0.4, 0.5) is 15.8 Å². The van der Waals surface area contributed by atoms with Crippen molar-refractivity contribution in [3.8, 4) is 0 Å². The first-order chi connectivity index (χ1) is 13.1. The van der Waals surface area contributed by atoms with Gasteiger partial charge in [0.25, 0.3) is 5.91 Å². The van der Waals surface area contributed by atoms with Gasteiger partial charge in [-0.1, -0.05) is 24.3 Å². The predicted molar refractivity (Wildman–Crippen MR) is 117 cm³/mol. The van der Waals surface area contributed by atoms with Crippen LogP contribution in [0, 0.1) is 5.82 Å². The largest absolute Gasteiger partial charge is 0.362 e. The van der Waals surface area contributed by atoms with Gasteiger partial charge in [0.15, 0.2) is 5.11 Å². The lowest BCUT2D eigenvalue weighted by Crippen LogP contribution is -2.30. The highest BCUT2D eigenvalue weighted by molar-refractivity contribution is 8.22. The number of carbonyl (C=O) groups excluding carboxylic acids is 1. The minimum absolute atomic E-state index is 0.0127. The van der Waals surface area contributed by atoms with Crippen molar-refractivity contribution in [3.63, 3.8) is 0 Å². The second-order valence-electron chi connectivity index (χ2n) is 5.81. The molecule has 3 N–H and O–H groups in total. The predicted octanol–water partition coefficient (Wildman–Crippen LogP) is 4.41. The highest BCUT2D eigenvalue weighted by Crippen LogP contribution is 2.31. The Hall–Kier alpha value is -2.64. The molecule has 0 saturated carbocycles. The Bertz CT molecular complexity index is 869. The van der Waals surface area contributed by atoms with E-state index in [4.69, 9.17) is 12.2 Å². The van der Waals surface area contributed by atoms with Crippen molar-refractivity contribution in [2.45, 2.75) is 0 Å². The second kappa shape index (κ2) is 9.34. The fourth-order valence-corrected chi connectivity index (χ4v) is 4.10. The molecule has 0 aromatic heterocycles. The maximum absolute atomic E-state index is 13.7. The topological polar surface area (TPSA) is 53.2 Å². The molecular formula is C20H20FN3OS2. The molecule has 0 aliphatic carbocycles. The molecule has 0 radical (unpaired) electrons. The summed E-state index contributed by atoms with van der Waals surface area (Å²) in [5.41, 5.74) is 1.40. The summed E-state index contributed by atoms with van der Waals surface area (Å²) in [4.78, 5) is 12.1. The first-order valence-electron chi connectivity index (χ1n) is 8.43. The molecule has 3 rings (SSSR count). The molecule has 0 atom stereocenters. The SMILES string of the molecule is O=C(Nc1ccc(NC(=S)NCC[SH]2C=CC=C2)cc1)c1ccccc1F. The molecule has 27 heavy (non-hydrogen) atoms. The second-order valence-corrected chi connectivity index (χ2v) is 8.29. The Labute approximate surface area is 165 Å². The summed E-state index contributed by atoms with van der Waals surface area (Å²) < 4.78 is 13.7. The molecule has 0 fully saturated rings. The molecule has 1 heterocycles. The zero-order valence-electron chi connectivity index (χ0n) is 14.5. The van der Waals surface area contributed by atoms with Gasteiger partial charge in [-0.2, -0.15) is 0 Å². The molecule has 1 aliphatic heterocycles. The Morgan fingerprint density at radius 3 is 2.26 bits per heavy atom. The van der Waals surface area contributed by atoms with Crippen molar-refractivity contribution < 1.29 is 9.18 Å². The lowest BCUT2D eigenvalue weighted by atomic mass is 10.2. The van der Waals surface area contributed by atoms with Crippen LogP contribution in [0.25, 0.3) is 0 Å². The molecule has 0 bridgehead atoms. The minimum atomic E-state index is -0.547. The van der Waals surface area contributed by atoms with Crippen molar-refractivity contribution in [2.75, 3.05) is 22.9 Å². The number of hydrogen-bond donors (Lipinski definition) is 4. The molecule has 1 amide bonds. The normalized spacial score (nSPS) is 13.4. The third-order valence-electron chi connectivity index (χ3n) is 3.84. The molecule has 2 aromatic carbocycles. The van der Waals surface area contributed by atoms with Crippen LogP contribution in [0.5, 0.6) is 0 Å². The molecule has 4 nitrogen and oxygen atoms in total. The number of thiocarbonyl (C=S) groups is 1. The number of hydrogen-bond acceptors (Lipinski definition) is 2. The van der Waals surface area contributed by atoms with Crippen molar-refractivity contribution in [3.05, 3.63) is 82.9 Å². The molecule has 1 aliphatic rings. The molecule has 0 unspecified atom stereocenters. The molecular weight excluding hydrogens is 381 g/mol. The van der Waals surface area contributed by atoms with Gasteiger partial charge in [0.05, 0.1) is 5.56 Å². The molecule has 0 saturated heterocycles. The highest BCUT2D eigenvalue weighted by atomic mass is 32.2. The number of allylic oxidation sites excluding steroid dienone is 2. The van der Waals surface area contributed by atoms with E-state index in [9.17, 15) is 9.18 Å². The van der Waals surface area contributed by atoms with Crippen molar-refractivity contribution in [1.29, 1.82) is 0 Å². The Balaban J connectivity index is 1.47. The monoisotopic (exact) mass is 401 g/mol. The summed E-state index contributed by atoms with van der Waals surface area (Å²) in [6.45, 7) is 0.809. The van der Waals surface area contributed by atoms with E-state index in [2.05, 4.69) is 38.9 Å². The van der Waals surface area contributed by atoms with Gasteiger partial charge in [-0.3, -0.25) is 4.79 Å². The van der Waals surface area contributed by atoms with E-state index in [0.29, 0.717) is 10.8 Å². The molecule has 140 valence electrons. The van der Waals surface area contributed by atoms with Gasteiger partial charge >= 0.3 is 0 Å². The zero-order chi connectivity index (χ0) is 19.1. The van der Waals surface area contributed by atoms with E-state index in [-0.39, 0.29) is 16.5 Å². The molecule has 7 heteroatoms. The van der Waals surface area contributed by atoms with Crippen LogP contribution < -0.4 is 16.0 Å². The number of anilines is 2. The fraction of sp³-hybridized carbons (Fsp3) is 0.100. The van der Waals surface area contributed by atoms with Gasteiger partial charge in [0.1, 0.15) is 5.82 Å². The van der Waals surface area contributed by atoms with Gasteiger partial charge in [-0.15, -0.1) is 0 Å². The van der Waals surface area contributed by atoms with E-state index in [1.807, 2.05) is 0 Å². The van der Waals surface area contributed by atoms with Gasteiger partial charge in [-0.25, -0.2) is 15.3 Å². The van der Waals surface area contributed by atoms with Gasteiger partial charge in [-0.05, 0) is 65.2 Å². The number of amides is 1. The van der Waals surface area contributed by atoms with E-state index in [1.165, 1.54) is 12.1 Å². The van der Waals surface area contributed by atoms with Crippen LogP contribution >= 0.6 is 23.1 Å². The van der Waals surface area contributed by atoms with Crippen LogP contribution in [-0.4, -0.2) is 23.3 Å². The van der Waals surface area contributed by atoms with E-state index >= 15 is 0 Å². The lowest BCUT2D eigenvalue weighted by Gasteiger charge is -2.14. The quantitative estimate of drug-likeness (QED) is 0.428. The van der Waals surface area contributed by atoms with Crippen LogP contribution in [0.2, 0.25) is 0 Å². The number of thiol groups is 1. The van der Waals surface area contributed by atoms with Crippen LogP contribution in [-0.2, 0) is 0 Å². The fourth-order valence-electron chi connectivity index (χ4n) is 2.47. The van der Waals surface area contributed by atoms with E-state index < -0.39 is 11.7 Å². The maximum Gasteiger partial charge on any atom is 0.258 e. The number of benzene rings is 2. The third-order valence-corrected chi connectivity index (χ3v) is 5.94. The molecule has 0 spiro atoms. The maximum atomic E-state index is 13.7. The van der Waals surface area contributed by atoms with Crippen LogP contribution in [0.3, 0.4) is 0 Å².